The minimum absolute atomic E-state index is 0.525. The average molecular weight is 190 g/mol. The van der Waals surface area contributed by atoms with Crippen LogP contribution >= 0.6 is 0 Å². The quantitative estimate of drug-likeness (QED) is 0.608. The second-order valence-electron chi connectivity index (χ2n) is 5.04. The van der Waals surface area contributed by atoms with Crippen LogP contribution in [-0.2, 0) is 0 Å². The summed E-state index contributed by atoms with van der Waals surface area (Å²) in [7, 11) is 0. The van der Waals surface area contributed by atoms with Crippen molar-refractivity contribution in [3.8, 4) is 0 Å². The Kier molecular flexibility index (Phi) is 1.29. The van der Waals surface area contributed by atoms with Crippen molar-refractivity contribution in [3.05, 3.63) is 0 Å². The van der Waals surface area contributed by atoms with Gasteiger partial charge in [0.2, 0.25) is 0 Å². The molecule has 0 saturated heterocycles. The lowest BCUT2D eigenvalue weighted by Gasteiger charge is -2.22. The molecule has 0 amide bonds. The van der Waals surface area contributed by atoms with E-state index in [1.165, 1.54) is 25.7 Å². The van der Waals surface area contributed by atoms with Crippen LogP contribution in [0.5, 0.6) is 0 Å². The molecule has 0 aromatic carbocycles. The minimum atomic E-state index is 0.525. The summed E-state index contributed by atoms with van der Waals surface area (Å²) in [6.07, 6.45) is 5.03. The Bertz CT molecular complexity index is 264. The molecule has 4 atom stereocenters. The molecular formula is C10H14N4. The third kappa shape index (κ3) is 0.758. The number of azo groups is 2. The predicted octanol–water partition coefficient (Wildman–Crippen LogP) is 2.21. The van der Waals surface area contributed by atoms with Crippen LogP contribution in [-0.4, -0.2) is 24.2 Å². The lowest BCUT2D eigenvalue weighted by Crippen LogP contribution is -2.32. The molecule has 2 aliphatic carbocycles. The predicted molar refractivity (Wildman–Crippen MR) is 50.3 cm³/mol. The maximum Gasteiger partial charge on any atom is 0.0762 e. The van der Waals surface area contributed by atoms with Gasteiger partial charge in [0.25, 0.3) is 0 Å². The van der Waals surface area contributed by atoms with E-state index < -0.39 is 0 Å². The van der Waals surface area contributed by atoms with Gasteiger partial charge in [0, 0.05) is 11.8 Å². The van der Waals surface area contributed by atoms with Crippen molar-refractivity contribution in [2.45, 2.75) is 49.9 Å². The molecule has 0 spiro atoms. The lowest BCUT2D eigenvalue weighted by molar-refractivity contribution is 0.302. The van der Waals surface area contributed by atoms with Crippen LogP contribution in [0.3, 0.4) is 0 Å². The average Bonchev–Trinajstić information content (AvgIpc) is 2.92. The standard InChI is InChI=1S/C10H14N4/c1-2-6-9(5(1)11-12-6)10-7-3-4-8(10)14-13-7/h5-10H,1-4H2/t5-,6-,7-,8-/m0/s1. The van der Waals surface area contributed by atoms with E-state index in [9.17, 15) is 0 Å². The van der Waals surface area contributed by atoms with Crippen LogP contribution in [0.1, 0.15) is 25.7 Å². The first-order chi connectivity index (χ1) is 6.93. The smallest absolute Gasteiger partial charge is 0.0762 e. The Morgan fingerprint density at radius 2 is 0.786 bits per heavy atom. The second-order valence-corrected chi connectivity index (χ2v) is 5.04. The molecule has 4 aliphatic rings. The van der Waals surface area contributed by atoms with E-state index in [0.717, 1.165) is 0 Å². The van der Waals surface area contributed by atoms with Gasteiger partial charge in [-0.2, -0.15) is 20.5 Å². The zero-order valence-corrected chi connectivity index (χ0v) is 8.08. The molecule has 74 valence electrons. The number of hydrogen-bond donors (Lipinski definition) is 0. The molecule has 0 aromatic heterocycles. The molecule has 4 rings (SSSR count). The summed E-state index contributed by atoms with van der Waals surface area (Å²) in [5, 5.41) is 17.5. The van der Waals surface area contributed by atoms with Crippen LogP contribution in [0.4, 0.5) is 0 Å². The Hall–Kier alpha value is -0.800. The Labute approximate surface area is 82.9 Å². The van der Waals surface area contributed by atoms with Gasteiger partial charge in [-0.15, -0.1) is 0 Å². The van der Waals surface area contributed by atoms with E-state index in [1.807, 2.05) is 0 Å². The van der Waals surface area contributed by atoms with Crippen LogP contribution in [0.2, 0.25) is 0 Å². The number of rotatable bonds is 1. The maximum absolute atomic E-state index is 4.37. The van der Waals surface area contributed by atoms with Gasteiger partial charge in [-0.3, -0.25) is 0 Å². The van der Waals surface area contributed by atoms with Crippen LogP contribution in [0.25, 0.3) is 0 Å². The molecule has 4 bridgehead atoms. The highest BCUT2D eigenvalue weighted by Crippen LogP contribution is 2.50. The number of nitrogens with zero attached hydrogens (tertiary/aromatic N) is 4. The van der Waals surface area contributed by atoms with Gasteiger partial charge >= 0.3 is 0 Å². The summed E-state index contributed by atoms with van der Waals surface area (Å²) < 4.78 is 0. The van der Waals surface area contributed by atoms with Crippen molar-refractivity contribution in [1.29, 1.82) is 0 Å². The highest BCUT2D eigenvalue weighted by atomic mass is 15.3. The molecule has 0 N–H and O–H groups in total. The zero-order valence-electron chi connectivity index (χ0n) is 8.08. The molecule has 4 heteroatoms. The summed E-state index contributed by atoms with van der Waals surface area (Å²) >= 11 is 0. The molecule has 2 aliphatic heterocycles. The first-order valence-electron chi connectivity index (χ1n) is 5.73. The molecule has 2 fully saturated rings. The van der Waals surface area contributed by atoms with Crippen molar-refractivity contribution < 1.29 is 0 Å². The molecule has 0 radical (unpaired) electrons. The molecule has 14 heavy (non-hydrogen) atoms. The maximum atomic E-state index is 4.37. The summed E-state index contributed by atoms with van der Waals surface area (Å²) in [5.74, 6) is 1.39. The monoisotopic (exact) mass is 190 g/mol. The van der Waals surface area contributed by atoms with E-state index in [0.29, 0.717) is 36.0 Å². The normalized spacial score (nSPS) is 57.7. The molecule has 2 saturated carbocycles. The van der Waals surface area contributed by atoms with E-state index >= 15 is 0 Å². The van der Waals surface area contributed by atoms with Crippen LogP contribution in [0, 0.1) is 11.8 Å². The van der Waals surface area contributed by atoms with E-state index in [-0.39, 0.29) is 0 Å². The fourth-order valence-electron chi connectivity index (χ4n) is 3.87. The van der Waals surface area contributed by atoms with Crippen molar-refractivity contribution in [2.75, 3.05) is 0 Å². The minimum Gasteiger partial charge on any atom is -0.190 e. The zero-order chi connectivity index (χ0) is 9.12. The van der Waals surface area contributed by atoms with Crippen molar-refractivity contribution in [2.24, 2.45) is 32.3 Å². The topological polar surface area (TPSA) is 49.4 Å². The summed E-state index contributed by atoms with van der Waals surface area (Å²) in [4.78, 5) is 0. The fraction of sp³-hybridized carbons (Fsp3) is 1.00. The second kappa shape index (κ2) is 2.41. The number of hydrogen-bond acceptors (Lipinski definition) is 4. The van der Waals surface area contributed by atoms with E-state index in [4.69, 9.17) is 0 Å². The third-order valence-electron chi connectivity index (χ3n) is 4.46. The Balaban J connectivity index is 1.66. The largest absolute Gasteiger partial charge is 0.190 e. The third-order valence-corrected chi connectivity index (χ3v) is 4.46. The van der Waals surface area contributed by atoms with Gasteiger partial charge in [0.05, 0.1) is 24.2 Å². The van der Waals surface area contributed by atoms with Gasteiger partial charge in [0.15, 0.2) is 0 Å². The van der Waals surface area contributed by atoms with Gasteiger partial charge in [-0.25, -0.2) is 0 Å². The molecule has 2 heterocycles. The summed E-state index contributed by atoms with van der Waals surface area (Å²) in [5.41, 5.74) is 0. The fourth-order valence-corrected chi connectivity index (χ4v) is 3.87. The van der Waals surface area contributed by atoms with Gasteiger partial charge in [-0.05, 0) is 25.7 Å². The summed E-state index contributed by atoms with van der Waals surface area (Å²) in [6.45, 7) is 0. The Morgan fingerprint density at radius 1 is 0.500 bits per heavy atom. The Morgan fingerprint density at radius 3 is 1.00 bits per heavy atom. The highest BCUT2D eigenvalue weighted by Gasteiger charge is 2.54. The van der Waals surface area contributed by atoms with Gasteiger partial charge < -0.3 is 0 Å². The van der Waals surface area contributed by atoms with Crippen molar-refractivity contribution in [3.63, 3.8) is 0 Å². The molecule has 0 unspecified atom stereocenters. The van der Waals surface area contributed by atoms with E-state index in [1.54, 1.807) is 0 Å². The van der Waals surface area contributed by atoms with Gasteiger partial charge in [-0.1, -0.05) is 0 Å². The van der Waals surface area contributed by atoms with Crippen LogP contribution < -0.4 is 0 Å². The lowest BCUT2D eigenvalue weighted by atomic mass is 9.82. The molecule has 0 aromatic rings. The van der Waals surface area contributed by atoms with Crippen molar-refractivity contribution >= 4 is 0 Å². The molecule has 4 nitrogen and oxygen atoms in total. The highest BCUT2D eigenvalue weighted by molar-refractivity contribution is 5.09. The number of fused-ring (bicyclic) bond motifs is 5. The van der Waals surface area contributed by atoms with E-state index in [2.05, 4.69) is 20.5 Å². The summed E-state index contributed by atoms with van der Waals surface area (Å²) in [6, 6.07) is 2.10. The van der Waals surface area contributed by atoms with Crippen molar-refractivity contribution in [1.82, 2.24) is 0 Å². The van der Waals surface area contributed by atoms with Crippen LogP contribution in [0.15, 0.2) is 20.5 Å². The van der Waals surface area contributed by atoms with Gasteiger partial charge in [0.1, 0.15) is 0 Å². The molecular weight excluding hydrogens is 176 g/mol. The first-order valence-corrected chi connectivity index (χ1v) is 5.73. The first kappa shape index (κ1) is 7.49. The SMILES string of the molecule is C1C[C@@H]2N=N[C@@H]1C2C1[C@@H]2CC[C@@H]1N=N2.